The number of pyridine rings is 1. The zero-order valence-electron chi connectivity index (χ0n) is 12.7. The number of nitrogen functional groups attached to an aromatic ring is 1. The number of nitrogens with zero attached hydrogens (tertiary/aromatic N) is 1. The highest BCUT2D eigenvalue weighted by molar-refractivity contribution is 7.21. The largest absolute Gasteiger partial charge is 0.397 e. The Balaban J connectivity index is 1.96. The van der Waals surface area contributed by atoms with E-state index in [2.05, 4.69) is 25.2 Å². The maximum absolute atomic E-state index is 12.4. The Kier molecular flexibility index (Phi) is 3.61. The number of thiophene rings is 1. The molecular weight excluding hydrogens is 282 g/mol. The van der Waals surface area contributed by atoms with Crippen LogP contribution in [-0.2, 0) is 12.8 Å². The molecule has 2 heterocycles. The summed E-state index contributed by atoms with van der Waals surface area (Å²) in [4.78, 5) is 18.6. The molecule has 3 N–H and O–H groups in total. The van der Waals surface area contributed by atoms with E-state index in [-0.39, 0.29) is 11.9 Å². The molecule has 0 fully saturated rings. The van der Waals surface area contributed by atoms with E-state index < -0.39 is 0 Å². The van der Waals surface area contributed by atoms with Crippen LogP contribution in [0.1, 0.15) is 48.1 Å². The molecule has 0 radical (unpaired) electrons. The third kappa shape index (κ3) is 2.50. The first kappa shape index (κ1) is 14.3. The van der Waals surface area contributed by atoms with Crippen LogP contribution >= 0.6 is 11.3 Å². The molecule has 5 heteroatoms. The van der Waals surface area contributed by atoms with Gasteiger partial charge in [0.2, 0.25) is 0 Å². The fraction of sp³-hybridized carbons (Fsp3) is 0.500. The first-order valence-electron chi connectivity index (χ1n) is 7.49. The summed E-state index contributed by atoms with van der Waals surface area (Å²) < 4.78 is 0. The van der Waals surface area contributed by atoms with Crippen molar-refractivity contribution in [3.8, 4) is 0 Å². The van der Waals surface area contributed by atoms with Crippen molar-refractivity contribution in [2.45, 2.75) is 46.1 Å². The van der Waals surface area contributed by atoms with Crippen molar-refractivity contribution in [3.63, 3.8) is 0 Å². The molecule has 1 aliphatic carbocycles. The number of anilines is 1. The molecule has 0 saturated heterocycles. The normalized spacial score (nSPS) is 15.4. The predicted octanol–water partition coefficient (Wildman–Crippen LogP) is 3.14. The molecule has 3 rings (SSSR count). The Hall–Kier alpha value is -1.62. The van der Waals surface area contributed by atoms with Gasteiger partial charge in [-0.3, -0.25) is 4.79 Å². The van der Waals surface area contributed by atoms with Crippen molar-refractivity contribution in [3.05, 3.63) is 22.2 Å². The number of amides is 1. The molecule has 0 bridgehead atoms. The molecule has 0 aromatic carbocycles. The van der Waals surface area contributed by atoms with Crippen LogP contribution in [-0.4, -0.2) is 16.9 Å². The van der Waals surface area contributed by atoms with Gasteiger partial charge in [0.1, 0.15) is 9.71 Å². The molecule has 1 atom stereocenters. The molecule has 1 unspecified atom stereocenters. The zero-order valence-corrected chi connectivity index (χ0v) is 13.5. The number of aryl methyl sites for hydroxylation is 2. The Bertz CT molecular complexity index is 705. The first-order valence-corrected chi connectivity index (χ1v) is 8.30. The van der Waals surface area contributed by atoms with Crippen molar-refractivity contribution < 1.29 is 4.79 Å². The van der Waals surface area contributed by atoms with Gasteiger partial charge < -0.3 is 11.1 Å². The topological polar surface area (TPSA) is 68.0 Å². The van der Waals surface area contributed by atoms with Gasteiger partial charge in [-0.2, -0.15) is 0 Å². The molecule has 2 aromatic heterocycles. The van der Waals surface area contributed by atoms with Gasteiger partial charge in [-0.25, -0.2) is 4.98 Å². The average molecular weight is 303 g/mol. The van der Waals surface area contributed by atoms with E-state index in [1.807, 2.05) is 6.92 Å². The van der Waals surface area contributed by atoms with Crippen LogP contribution in [0.5, 0.6) is 0 Å². The summed E-state index contributed by atoms with van der Waals surface area (Å²) in [6.45, 7) is 6.19. The van der Waals surface area contributed by atoms with Crippen molar-refractivity contribution in [2.75, 3.05) is 5.73 Å². The maximum atomic E-state index is 12.4. The van der Waals surface area contributed by atoms with E-state index in [1.54, 1.807) is 0 Å². The molecule has 0 spiro atoms. The summed E-state index contributed by atoms with van der Waals surface area (Å²) in [7, 11) is 0. The third-order valence-electron chi connectivity index (χ3n) is 4.31. The quantitative estimate of drug-likeness (QED) is 0.915. The van der Waals surface area contributed by atoms with E-state index in [0.717, 1.165) is 23.1 Å². The number of nitrogens with two attached hydrogens (primary N) is 1. The number of nitrogens with one attached hydrogen (secondary N) is 1. The molecule has 0 saturated carbocycles. The summed E-state index contributed by atoms with van der Waals surface area (Å²) in [6, 6.07) is 2.25. The summed E-state index contributed by atoms with van der Waals surface area (Å²) in [5.41, 5.74) is 9.23. The fourth-order valence-electron chi connectivity index (χ4n) is 2.61. The predicted molar refractivity (Wildman–Crippen MR) is 87.8 cm³/mol. The highest BCUT2D eigenvalue weighted by Crippen LogP contribution is 2.35. The zero-order chi connectivity index (χ0) is 15.1. The minimum absolute atomic E-state index is 0.0862. The van der Waals surface area contributed by atoms with Crippen molar-refractivity contribution in [1.29, 1.82) is 0 Å². The molecule has 1 aliphatic rings. The fourth-order valence-corrected chi connectivity index (χ4v) is 3.61. The van der Waals surface area contributed by atoms with Gasteiger partial charge in [0.15, 0.2) is 0 Å². The van der Waals surface area contributed by atoms with Crippen LogP contribution in [0, 0.1) is 5.92 Å². The number of aromatic nitrogens is 1. The SMILES string of the molecule is CC(C)C(C)NC(=O)c1sc2nc3c(cc2c1N)CCC3. The Morgan fingerprint density at radius 2 is 2.14 bits per heavy atom. The Morgan fingerprint density at radius 3 is 2.86 bits per heavy atom. The number of fused-ring (bicyclic) bond motifs is 2. The van der Waals surface area contributed by atoms with Gasteiger partial charge in [-0.1, -0.05) is 13.8 Å². The molecule has 0 aliphatic heterocycles. The third-order valence-corrected chi connectivity index (χ3v) is 5.43. The van der Waals surface area contributed by atoms with E-state index in [0.29, 0.717) is 16.5 Å². The lowest BCUT2D eigenvalue weighted by atomic mass is 10.1. The van der Waals surface area contributed by atoms with Crippen molar-refractivity contribution in [1.82, 2.24) is 10.3 Å². The van der Waals surface area contributed by atoms with E-state index in [4.69, 9.17) is 10.7 Å². The maximum Gasteiger partial charge on any atom is 0.263 e. The van der Waals surface area contributed by atoms with Crippen LogP contribution < -0.4 is 11.1 Å². The minimum atomic E-state index is -0.0862. The molecule has 112 valence electrons. The first-order chi connectivity index (χ1) is 9.97. The van der Waals surface area contributed by atoms with Gasteiger partial charge >= 0.3 is 0 Å². The minimum Gasteiger partial charge on any atom is -0.397 e. The highest BCUT2D eigenvalue weighted by atomic mass is 32.1. The number of carbonyl (C=O) groups is 1. The summed E-state index contributed by atoms with van der Waals surface area (Å²) in [5, 5.41) is 3.95. The number of hydrogen-bond donors (Lipinski definition) is 2. The lowest BCUT2D eigenvalue weighted by Gasteiger charge is -2.16. The van der Waals surface area contributed by atoms with E-state index >= 15 is 0 Å². The van der Waals surface area contributed by atoms with Gasteiger partial charge in [0.25, 0.3) is 5.91 Å². The Morgan fingerprint density at radius 1 is 1.38 bits per heavy atom. The lowest BCUT2D eigenvalue weighted by molar-refractivity contribution is 0.0935. The molecular formula is C16H21N3OS. The smallest absolute Gasteiger partial charge is 0.263 e. The second kappa shape index (κ2) is 5.30. The molecule has 21 heavy (non-hydrogen) atoms. The average Bonchev–Trinajstić information content (AvgIpc) is 3.01. The van der Waals surface area contributed by atoms with Crippen LogP contribution in [0.15, 0.2) is 6.07 Å². The van der Waals surface area contributed by atoms with Crippen molar-refractivity contribution >= 4 is 33.1 Å². The van der Waals surface area contributed by atoms with Crippen LogP contribution in [0.3, 0.4) is 0 Å². The molecule has 1 amide bonds. The summed E-state index contributed by atoms with van der Waals surface area (Å²) >= 11 is 1.40. The second-order valence-corrected chi connectivity index (χ2v) is 7.15. The summed E-state index contributed by atoms with van der Waals surface area (Å²) in [6.07, 6.45) is 3.27. The highest BCUT2D eigenvalue weighted by Gasteiger charge is 2.22. The standard InChI is InChI=1S/C16H21N3OS/c1-8(2)9(3)18-15(20)14-13(17)11-7-10-5-4-6-12(10)19-16(11)21-14/h7-9H,4-6,17H2,1-3H3,(H,18,20). The number of carbonyl (C=O) groups excluding carboxylic acids is 1. The van der Waals surface area contributed by atoms with Crippen molar-refractivity contribution in [2.24, 2.45) is 5.92 Å². The second-order valence-electron chi connectivity index (χ2n) is 6.15. The van der Waals surface area contributed by atoms with E-state index in [1.165, 1.54) is 29.0 Å². The molecule has 4 nitrogen and oxygen atoms in total. The van der Waals surface area contributed by atoms with Gasteiger partial charge in [0, 0.05) is 17.1 Å². The van der Waals surface area contributed by atoms with Crippen LogP contribution in [0.2, 0.25) is 0 Å². The number of rotatable bonds is 3. The van der Waals surface area contributed by atoms with Crippen LogP contribution in [0.25, 0.3) is 10.2 Å². The lowest BCUT2D eigenvalue weighted by Crippen LogP contribution is -2.35. The monoisotopic (exact) mass is 303 g/mol. The number of hydrogen-bond acceptors (Lipinski definition) is 4. The summed E-state index contributed by atoms with van der Waals surface area (Å²) in [5.74, 6) is 0.309. The molecule has 2 aromatic rings. The van der Waals surface area contributed by atoms with E-state index in [9.17, 15) is 4.79 Å². The van der Waals surface area contributed by atoms with Gasteiger partial charge in [0.05, 0.1) is 5.69 Å². The van der Waals surface area contributed by atoms with Gasteiger partial charge in [-0.05, 0) is 43.7 Å². The van der Waals surface area contributed by atoms with Crippen LogP contribution in [0.4, 0.5) is 5.69 Å². The Labute approximate surface area is 128 Å². The van der Waals surface area contributed by atoms with Gasteiger partial charge in [-0.15, -0.1) is 11.3 Å².